The molecule has 0 unspecified atom stereocenters. The van der Waals surface area contributed by atoms with E-state index >= 15 is 0 Å². The van der Waals surface area contributed by atoms with Crippen LogP contribution in [-0.2, 0) is 10.8 Å². The Labute approximate surface area is 350 Å². The number of furan rings is 1. The summed E-state index contributed by atoms with van der Waals surface area (Å²) in [6, 6.07) is 77.9. The normalized spacial score (nSPS) is 14.1. The number of hydrogen-bond donors (Lipinski definition) is 0. The molecule has 9 aromatic carbocycles. The number of para-hydroxylation sites is 1. The molecule has 0 aliphatic heterocycles. The summed E-state index contributed by atoms with van der Waals surface area (Å²) in [6.07, 6.45) is 0. The quantitative estimate of drug-likeness (QED) is 0.168. The van der Waals surface area contributed by atoms with Crippen molar-refractivity contribution in [3.63, 3.8) is 0 Å². The van der Waals surface area contributed by atoms with Crippen LogP contribution in [0.2, 0.25) is 0 Å². The van der Waals surface area contributed by atoms with Gasteiger partial charge < -0.3 is 9.32 Å². The molecule has 0 bridgehead atoms. The van der Waals surface area contributed by atoms with Crippen LogP contribution in [0.5, 0.6) is 0 Å². The fourth-order valence-corrected chi connectivity index (χ4v) is 10.6. The summed E-state index contributed by atoms with van der Waals surface area (Å²) in [4.78, 5) is 2.45. The van der Waals surface area contributed by atoms with Gasteiger partial charge in [0.2, 0.25) is 0 Å². The van der Waals surface area contributed by atoms with E-state index in [2.05, 4.69) is 231 Å². The monoisotopic (exact) mass is 767 g/mol. The predicted molar refractivity (Wildman–Crippen MR) is 249 cm³/mol. The van der Waals surface area contributed by atoms with Crippen molar-refractivity contribution in [2.75, 3.05) is 4.90 Å². The molecule has 2 aliphatic carbocycles. The van der Waals surface area contributed by atoms with Crippen LogP contribution in [0, 0.1) is 0 Å². The van der Waals surface area contributed by atoms with Crippen LogP contribution in [0.15, 0.2) is 217 Å². The van der Waals surface area contributed by atoms with E-state index in [9.17, 15) is 0 Å². The fourth-order valence-electron chi connectivity index (χ4n) is 10.6. The van der Waals surface area contributed by atoms with Crippen LogP contribution in [0.3, 0.4) is 0 Å². The number of anilines is 3. The third kappa shape index (κ3) is 4.88. The molecule has 0 radical (unpaired) electrons. The van der Waals surface area contributed by atoms with Gasteiger partial charge in [-0.15, -0.1) is 0 Å². The van der Waals surface area contributed by atoms with E-state index < -0.39 is 5.41 Å². The molecule has 0 saturated carbocycles. The minimum Gasteiger partial charge on any atom is -0.455 e. The van der Waals surface area contributed by atoms with Gasteiger partial charge in [-0.1, -0.05) is 184 Å². The van der Waals surface area contributed by atoms with Gasteiger partial charge in [0, 0.05) is 38.8 Å². The molecule has 1 heterocycles. The summed E-state index contributed by atoms with van der Waals surface area (Å²) < 4.78 is 6.86. The number of benzene rings is 9. The Balaban J connectivity index is 1.13. The zero-order chi connectivity index (χ0) is 40.0. The highest BCUT2D eigenvalue weighted by molar-refractivity contribution is 6.12. The van der Waals surface area contributed by atoms with Gasteiger partial charge in [0.1, 0.15) is 11.2 Å². The van der Waals surface area contributed by atoms with Crippen molar-refractivity contribution in [2.45, 2.75) is 24.7 Å². The smallest absolute Gasteiger partial charge is 0.143 e. The lowest BCUT2D eigenvalue weighted by Gasteiger charge is -2.35. The maximum absolute atomic E-state index is 6.86. The zero-order valence-corrected chi connectivity index (χ0v) is 33.6. The molecule has 1 aromatic heterocycles. The van der Waals surface area contributed by atoms with Crippen LogP contribution in [0.25, 0.3) is 55.3 Å². The lowest BCUT2D eigenvalue weighted by molar-refractivity contribution is 0.660. The molecule has 60 heavy (non-hydrogen) atoms. The molecule has 284 valence electrons. The lowest BCUT2D eigenvalue weighted by Crippen LogP contribution is -2.28. The lowest BCUT2D eigenvalue weighted by atomic mass is 9.67. The Bertz CT molecular complexity index is 3230. The standard InChI is InChI=1S/C58H41NO/c1-57(2)50-24-14-12-22-45(50)46-32-30-43(36-52(46)57)59(42-28-26-39(27-29-42)38-16-6-3-7-17-38)44-31-33-49-53(37-44)58(40-18-8-4-9-19-40,41-20-10-5-11-21-41)51-35-34-48-47-23-13-15-25-54(47)60-56(48)55(49)51/h3-37H,1-2H3. The summed E-state index contributed by atoms with van der Waals surface area (Å²) in [5.41, 5.74) is 19.4. The number of fused-ring (bicyclic) bond motifs is 10. The van der Waals surface area contributed by atoms with E-state index in [1.807, 2.05) is 0 Å². The van der Waals surface area contributed by atoms with Crippen molar-refractivity contribution >= 4 is 39.0 Å². The molecular formula is C58H41NO. The molecule has 12 rings (SSSR count). The van der Waals surface area contributed by atoms with E-state index in [4.69, 9.17) is 4.42 Å². The van der Waals surface area contributed by atoms with Crippen LogP contribution in [0.4, 0.5) is 17.1 Å². The van der Waals surface area contributed by atoms with Crippen molar-refractivity contribution in [1.29, 1.82) is 0 Å². The summed E-state index contributed by atoms with van der Waals surface area (Å²) in [5, 5.41) is 2.27. The maximum atomic E-state index is 6.86. The van der Waals surface area contributed by atoms with Crippen molar-refractivity contribution in [1.82, 2.24) is 0 Å². The second kappa shape index (κ2) is 13.0. The van der Waals surface area contributed by atoms with Crippen LogP contribution in [-0.4, -0.2) is 0 Å². The van der Waals surface area contributed by atoms with Gasteiger partial charge in [0.25, 0.3) is 0 Å². The Morgan fingerprint density at radius 2 is 0.933 bits per heavy atom. The Kier molecular flexibility index (Phi) is 7.52. The minimum atomic E-state index is -0.610. The first kappa shape index (κ1) is 34.6. The fraction of sp³-hybridized carbons (Fsp3) is 0.0690. The van der Waals surface area contributed by atoms with Gasteiger partial charge in [-0.05, 0) is 104 Å². The Morgan fingerprint density at radius 3 is 1.65 bits per heavy atom. The first-order chi connectivity index (χ1) is 29.5. The third-order valence-electron chi connectivity index (χ3n) is 13.4. The highest BCUT2D eigenvalue weighted by Gasteiger charge is 2.48. The molecule has 0 spiro atoms. The first-order valence-corrected chi connectivity index (χ1v) is 20.9. The molecule has 10 aromatic rings. The van der Waals surface area contributed by atoms with Gasteiger partial charge in [0.05, 0.1) is 5.41 Å². The maximum Gasteiger partial charge on any atom is 0.143 e. The number of rotatable bonds is 6. The average Bonchev–Trinajstić information content (AvgIpc) is 3.91. The van der Waals surface area contributed by atoms with E-state index in [0.717, 1.165) is 44.6 Å². The van der Waals surface area contributed by atoms with Crippen molar-refractivity contribution in [2.24, 2.45) is 0 Å². The van der Waals surface area contributed by atoms with E-state index in [1.54, 1.807) is 0 Å². The molecule has 2 nitrogen and oxygen atoms in total. The predicted octanol–water partition coefficient (Wildman–Crippen LogP) is 15.4. The van der Waals surface area contributed by atoms with Crippen molar-refractivity contribution in [3.8, 4) is 33.4 Å². The molecule has 2 aliphatic rings. The van der Waals surface area contributed by atoms with E-state index in [1.165, 1.54) is 61.2 Å². The number of nitrogens with zero attached hydrogens (tertiary/aromatic N) is 1. The Hall–Kier alpha value is -7.42. The van der Waals surface area contributed by atoms with E-state index in [0.29, 0.717) is 0 Å². The average molecular weight is 768 g/mol. The van der Waals surface area contributed by atoms with Crippen LogP contribution < -0.4 is 4.90 Å². The van der Waals surface area contributed by atoms with Gasteiger partial charge in [0.15, 0.2) is 0 Å². The first-order valence-electron chi connectivity index (χ1n) is 20.9. The highest BCUT2D eigenvalue weighted by atomic mass is 16.3. The zero-order valence-electron chi connectivity index (χ0n) is 33.6. The molecule has 0 saturated heterocycles. The van der Waals surface area contributed by atoms with Crippen LogP contribution in [0.1, 0.15) is 47.2 Å². The molecular weight excluding hydrogens is 727 g/mol. The summed E-state index contributed by atoms with van der Waals surface area (Å²) in [5.74, 6) is 0. The second-order valence-corrected chi connectivity index (χ2v) is 16.8. The molecule has 0 fully saturated rings. The molecule has 0 atom stereocenters. The Morgan fingerprint density at radius 1 is 0.383 bits per heavy atom. The summed E-state index contributed by atoms with van der Waals surface area (Å²) in [7, 11) is 0. The van der Waals surface area contributed by atoms with Gasteiger partial charge in [-0.25, -0.2) is 0 Å². The SMILES string of the molecule is CC1(C)c2ccccc2-c2ccc(N(c3ccc(-c4ccccc4)cc3)c3ccc4c(c3)C(c3ccccc3)(c3ccccc3)c3ccc5c(oc6ccccc65)c3-4)cc21. The van der Waals surface area contributed by atoms with Crippen molar-refractivity contribution < 1.29 is 4.42 Å². The van der Waals surface area contributed by atoms with Crippen molar-refractivity contribution in [3.05, 3.63) is 246 Å². The molecule has 0 amide bonds. The summed E-state index contributed by atoms with van der Waals surface area (Å²) >= 11 is 0. The molecule has 0 N–H and O–H groups in total. The topological polar surface area (TPSA) is 16.4 Å². The van der Waals surface area contributed by atoms with Crippen LogP contribution >= 0.6 is 0 Å². The van der Waals surface area contributed by atoms with Gasteiger partial charge >= 0.3 is 0 Å². The second-order valence-electron chi connectivity index (χ2n) is 16.8. The van der Waals surface area contributed by atoms with Gasteiger partial charge in [-0.2, -0.15) is 0 Å². The number of hydrogen-bond acceptors (Lipinski definition) is 2. The van der Waals surface area contributed by atoms with Gasteiger partial charge in [-0.3, -0.25) is 0 Å². The minimum absolute atomic E-state index is 0.141. The summed E-state index contributed by atoms with van der Waals surface area (Å²) in [6.45, 7) is 4.72. The molecule has 2 heteroatoms. The largest absolute Gasteiger partial charge is 0.455 e. The highest BCUT2D eigenvalue weighted by Crippen LogP contribution is 2.60. The van der Waals surface area contributed by atoms with E-state index in [-0.39, 0.29) is 5.41 Å². The third-order valence-corrected chi connectivity index (χ3v) is 13.4.